The van der Waals surface area contributed by atoms with Crippen molar-refractivity contribution >= 4 is 5.97 Å². The van der Waals surface area contributed by atoms with Crippen LogP contribution in [0.2, 0.25) is 0 Å². The van der Waals surface area contributed by atoms with Crippen LogP contribution in [0.3, 0.4) is 0 Å². The zero-order valence-electron chi connectivity index (χ0n) is 12.3. The molecule has 0 amide bonds. The van der Waals surface area contributed by atoms with Crippen LogP contribution < -0.4 is 9.47 Å². The van der Waals surface area contributed by atoms with E-state index in [1.807, 2.05) is 18.2 Å². The van der Waals surface area contributed by atoms with Gasteiger partial charge in [0.2, 0.25) is 0 Å². The Morgan fingerprint density at radius 1 is 1.15 bits per heavy atom. The molecule has 3 unspecified atom stereocenters. The normalized spacial score (nSPS) is 26.1. The van der Waals surface area contributed by atoms with Gasteiger partial charge in [-0.3, -0.25) is 4.79 Å². The maximum atomic E-state index is 11.5. The fourth-order valence-corrected chi connectivity index (χ4v) is 3.09. The van der Waals surface area contributed by atoms with Gasteiger partial charge in [0.05, 0.1) is 20.1 Å². The van der Waals surface area contributed by atoms with Crippen LogP contribution >= 0.6 is 0 Å². The van der Waals surface area contributed by atoms with E-state index in [9.17, 15) is 9.90 Å². The Morgan fingerprint density at radius 2 is 1.75 bits per heavy atom. The van der Waals surface area contributed by atoms with E-state index < -0.39 is 5.97 Å². The smallest absolute Gasteiger partial charge is 0.307 e. The van der Waals surface area contributed by atoms with E-state index >= 15 is 0 Å². The van der Waals surface area contributed by atoms with E-state index in [1.165, 1.54) is 0 Å². The van der Waals surface area contributed by atoms with Crippen LogP contribution in [0.1, 0.15) is 37.7 Å². The number of hydrogen-bond acceptors (Lipinski definition) is 3. The summed E-state index contributed by atoms with van der Waals surface area (Å²) < 4.78 is 10.6. The van der Waals surface area contributed by atoms with Gasteiger partial charge in [-0.2, -0.15) is 0 Å². The molecule has 1 N–H and O–H groups in total. The molecule has 0 aromatic heterocycles. The SMILES string of the molecule is COc1cc(OC)cc(C2CC(C)CCC2C(=O)O)c1. The zero-order chi connectivity index (χ0) is 14.7. The first-order valence-electron chi connectivity index (χ1n) is 7.01. The van der Waals surface area contributed by atoms with Crippen molar-refractivity contribution in [2.24, 2.45) is 11.8 Å². The van der Waals surface area contributed by atoms with Crippen LogP contribution in [-0.2, 0) is 4.79 Å². The summed E-state index contributed by atoms with van der Waals surface area (Å²) in [4.78, 5) is 11.5. The lowest BCUT2D eigenvalue weighted by molar-refractivity contribution is -0.143. The molecule has 1 aliphatic carbocycles. The van der Waals surface area contributed by atoms with Crippen molar-refractivity contribution < 1.29 is 19.4 Å². The Bertz CT molecular complexity index is 461. The van der Waals surface area contributed by atoms with Gasteiger partial charge in [-0.05, 0) is 48.8 Å². The van der Waals surface area contributed by atoms with Crippen LogP contribution in [0, 0.1) is 11.8 Å². The second-order valence-electron chi connectivity index (χ2n) is 5.62. The van der Waals surface area contributed by atoms with Gasteiger partial charge in [-0.15, -0.1) is 0 Å². The van der Waals surface area contributed by atoms with Crippen LogP contribution in [-0.4, -0.2) is 25.3 Å². The number of carboxylic acid groups (broad SMARTS) is 1. The number of rotatable bonds is 4. The predicted octanol–water partition coefficient (Wildman–Crippen LogP) is 3.31. The van der Waals surface area contributed by atoms with E-state index in [4.69, 9.17) is 9.47 Å². The van der Waals surface area contributed by atoms with Crippen LogP contribution in [0.25, 0.3) is 0 Å². The first kappa shape index (κ1) is 14.7. The molecule has 0 heterocycles. The Hall–Kier alpha value is -1.71. The fourth-order valence-electron chi connectivity index (χ4n) is 3.09. The molecule has 0 saturated heterocycles. The summed E-state index contributed by atoms with van der Waals surface area (Å²) in [6.45, 7) is 2.18. The summed E-state index contributed by atoms with van der Waals surface area (Å²) >= 11 is 0. The van der Waals surface area contributed by atoms with Gasteiger partial charge in [0, 0.05) is 6.07 Å². The lowest BCUT2D eigenvalue weighted by Gasteiger charge is -2.33. The highest BCUT2D eigenvalue weighted by Gasteiger charge is 2.35. The third kappa shape index (κ3) is 3.06. The van der Waals surface area contributed by atoms with E-state index in [-0.39, 0.29) is 11.8 Å². The Balaban J connectivity index is 2.37. The monoisotopic (exact) mass is 278 g/mol. The number of carboxylic acids is 1. The molecule has 3 atom stereocenters. The lowest BCUT2D eigenvalue weighted by Crippen LogP contribution is -2.28. The summed E-state index contributed by atoms with van der Waals surface area (Å²) in [7, 11) is 3.22. The van der Waals surface area contributed by atoms with E-state index in [1.54, 1.807) is 14.2 Å². The molecule has 0 aliphatic heterocycles. The molecule has 110 valence electrons. The molecule has 1 aromatic carbocycles. The van der Waals surface area contributed by atoms with Crippen molar-refractivity contribution in [1.29, 1.82) is 0 Å². The largest absolute Gasteiger partial charge is 0.497 e. The molecule has 1 fully saturated rings. The van der Waals surface area contributed by atoms with Crippen molar-refractivity contribution in [3.63, 3.8) is 0 Å². The molecule has 1 saturated carbocycles. The Morgan fingerprint density at radius 3 is 2.25 bits per heavy atom. The van der Waals surface area contributed by atoms with Crippen molar-refractivity contribution in [3.05, 3.63) is 23.8 Å². The topological polar surface area (TPSA) is 55.8 Å². The van der Waals surface area contributed by atoms with E-state index in [0.29, 0.717) is 17.4 Å². The number of aliphatic carboxylic acids is 1. The van der Waals surface area contributed by atoms with Gasteiger partial charge in [-0.1, -0.05) is 6.92 Å². The summed E-state index contributed by atoms with van der Waals surface area (Å²) in [6.07, 6.45) is 2.61. The third-order valence-electron chi connectivity index (χ3n) is 4.23. The minimum Gasteiger partial charge on any atom is -0.497 e. The molecule has 2 rings (SSSR count). The van der Waals surface area contributed by atoms with Gasteiger partial charge in [0.15, 0.2) is 0 Å². The Labute approximate surface area is 119 Å². The van der Waals surface area contributed by atoms with Crippen LogP contribution in [0.4, 0.5) is 0 Å². The van der Waals surface area contributed by atoms with Gasteiger partial charge >= 0.3 is 5.97 Å². The number of ether oxygens (including phenoxy) is 2. The number of methoxy groups -OCH3 is 2. The molecule has 4 nitrogen and oxygen atoms in total. The number of carbonyl (C=O) groups is 1. The van der Waals surface area contributed by atoms with Gasteiger partial charge in [0.25, 0.3) is 0 Å². The average Bonchev–Trinajstić information content (AvgIpc) is 2.46. The average molecular weight is 278 g/mol. The standard InChI is InChI=1S/C16H22O4/c1-10-4-5-14(16(17)18)15(6-10)11-7-12(19-2)9-13(8-11)20-3/h7-10,14-15H,4-6H2,1-3H3,(H,17,18). The quantitative estimate of drug-likeness (QED) is 0.918. The van der Waals surface area contributed by atoms with Crippen LogP contribution in [0.5, 0.6) is 11.5 Å². The summed E-state index contributed by atoms with van der Waals surface area (Å²) in [6, 6.07) is 5.67. The number of benzene rings is 1. The molecule has 0 spiro atoms. The fraction of sp³-hybridized carbons (Fsp3) is 0.562. The molecule has 20 heavy (non-hydrogen) atoms. The minimum atomic E-state index is -0.705. The van der Waals surface area contributed by atoms with Crippen molar-refractivity contribution in [2.75, 3.05) is 14.2 Å². The van der Waals surface area contributed by atoms with Crippen molar-refractivity contribution in [3.8, 4) is 11.5 Å². The number of hydrogen-bond donors (Lipinski definition) is 1. The molecular formula is C16H22O4. The van der Waals surface area contributed by atoms with E-state index in [0.717, 1.165) is 24.8 Å². The molecule has 4 heteroatoms. The first-order chi connectivity index (χ1) is 9.55. The zero-order valence-corrected chi connectivity index (χ0v) is 12.3. The second-order valence-corrected chi connectivity index (χ2v) is 5.62. The molecule has 1 aromatic rings. The van der Waals surface area contributed by atoms with Gasteiger partial charge < -0.3 is 14.6 Å². The second kappa shape index (κ2) is 6.16. The van der Waals surface area contributed by atoms with Crippen molar-refractivity contribution in [1.82, 2.24) is 0 Å². The lowest BCUT2D eigenvalue weighted by atomic mass is 9.71. The molecule has 0 bridgehead atoms. The third-order valence-corrected chi connectivity index (χ3v) is 4.23. The van der Waals surface area contributed by atoms with Crippen molar-refractivity contribution in [2.45, 2.75) is 32.1 Å². The van der Waals surface area contributed by atoms with Crippen LogP contribution in [0.15, 0.2) is 18.2 Å². The summed E-state index contributed by atoms with van der Waals surface area (Å²) in [5.74, 6) is 0.975. The first-order valence-corrected chi connectivity index (χ1v) is 7.01. The highest BCUT2D eigenvalue weighted by atomic mass is 16.5. The summed E-state index contributed by atoms with van der Waals surface area (Å²) in [5, 5.41) is 9.45. The maximum absolute atomic E-state index is 11.5. The maximum Gasteiger partial charge on any atom is 0.307 e. The van der Waals surface area contributed by atoms with E-state index in [2.05, 4.69) is 6.92 Å². The molecule has 0 radical (unpaired) electrons. The van der Waals surface area contributed by atoms with Gasteiger partial charge in [0.1, 0.15) is 11.5 Å². The summed E-state index contributed by atoms with van der Waals surface area (Å²) in [5.41, 5.74) is 1.00. The predicted molar refractivity (Wildman–Crippen MR) is 76.4 cm³/mol. The molecular weight excluding hydrogens is 256 g/mol. The highest BCUT2D eigenvalue weighted by molar-refractivity contribution is 5.71. The Kier molecular flexibility index (Phi) is 4.53. The minimum absolute atomic E-state index is 0.0280. The van der Waals surface area contributed by atoms with Gasteiger partial charge in [-0.25, -0.2) is 0 Å². The highest BCUT2D eigenvalue weighted by Crippen LogP contribution is 2.42. The molecule has 1 aliphatic rings.